The molecular weight excluding hydrogens is 236 g/mol. The molecule has 0 radical (unpaired) electrons. The lowest BCUT2D eigenvalue weighted by molar-refractivity contribution is 0.00374. The van der Waals surface area contributed by atoms with Crippen molar-refractivity contribution >= 4 is 0 Å². The highest BCUT2D eigenvalue weighted by atomic mass is 16.5. The summed E-state index contributed by atoms with van der Waals surface area (Å²) in [7, 11) is 0. The maximum Gasteiger partial charge on any atom is 0.119 e. The zero-order chi connectivity index (χ0) is 13.9. The fourth-order valence-corrected chi connectivity index (χ4v) is 3.29. The molecular formula is C17H26O2. The zero-order valence-corrected chi connectivity index (χ0v) is 12.4. The molecule has 0 aliphatic heterocycles. The van der Waals surface area contributed by atoms with Gasteiger partial charge in [0.05, 0.1) is 12.7 Å². The van der Waals surface area contributed by atoms with E-state index in [2.05, 4.69) is 13.8 Å². The first-order valence-corrected chi connectivity index (χ1v) is 7.45. The molecule has 2 heteroatoms. The number of ether oxygens (including phenoxy) is 1. The van der Waals surface area contributed by atoms with Gasteiger partial charge in [-0.25, -0.2) is 0 Å². The van der Waals surface area contributed by atoms with Gasteiger partial charge in [0, 0.05) is 0 Å². The average Bonchev–Trinajstić information content (AvgIpc) is 2.38. The van der Waals surface area contributed by atoms with E-state index in [1.165, 1.54) is 19.3 Å². The highest BCUT2D eigenvalue weighted by Crippen LogP contribution is 2.46. The molecule has 0 spiro atoms. The van der Waals surface area contributed by atoms with Gasteiger partial charge in [0.1, 0.15) is 5.75 Å². The van der Waals surface area contributed by atoms with Crippen LogP contribution in [0.15, 0.2) is 24.3 Å². The molecule has 1 saturated carbocycles. The second kappa shape index (κ2) is 5.96. The Balaban J connectivity index is 2.18. The summed E-state index contributed by atoms with van der Waals surface area (Å²) in [6.45, 7) is 7.21. The molecule has 1 aliphatic carbocycles. The van der Waals surface area contributed by atoms with Crippen LogP contribution in [0.1, 0.15) is 58.1 Å². The van der Waals surface area contributed by atoms with Gasteiger partial charge < -0.3 is 9.84 Å². The molecule has 2 unspecified atom stereocenters. The summed E-state index contributed by atoms with van der Waals surface area (Å²) in [6, 6.07) is 7.92. The Bertz CT molecular complexity index is 411. The van der Waals surface area contributed by atoms with Crippen LogP contribution in [0.25, 0.3) is 0 Å². The van der Waals surface area contributed by atoms with Crippen molar-refractivity contribution < 1.29 is 9.84 Å². The van der Waals surface area contributed by atoms with Crippen molar-refractivity contribution in [2.45, 2.75) is 52.6 Å². The number of aliphatic hydroxyl groups is 1. The summed E-state index contributed by atoms with van der Waals surface area (Å²) in [5.41, 5.74) is 1.21. The normalized spacial score (nSPS) is 23.9. The Morgan fingerprint density at radius 3 is 2.84 bits per heavy atom. The summed E-state index contributed by atoms with van der Waals surface area (Å²) in [5, 5.41) is 10.7. The molecule has 1 fully saturated rings. The molecule has 0 saturated heterocycles. The second-order valence-corrected chi connectivity index (χ2v) is 6.29. The summed E-state index contributed by atoms with van der Waals surface area (Å²) in [5.74, 6) is 1.20. The predicted octanol–water partition coefficient (Wildman–Crippen LogP) is 4.34. The third-order valence-corrected chi connectivity index (χ3v) is 4.48. The number of aliphatic hydroxyl groups excluding tert-OH is 1. The lowest BCUT2D eigenvalue weighted by Gasteiger charge is -2.41. The third kappa shape index (κ3) is 3.30. The maximum absolute atomic E-state index is 10.7. The van der Waals surface area contributed by atoms with E-state index in [4.69, 9.17) is 4.74 Å². The minimum Gasteiger partial charge on any atom is -0.494 e. The lowest BCUT2D eigenvalue weighted by atomic mass is 9.65. The van der Waals surface area contributed by atoms with Gasteiger partial charge >= 0.3 is 0 Å². The van der Waals surface area contributed by atoms with Crippen LogP contribution in [-0.4, -0.2) is 11.7 Å². The molecule has 1 N–H and O–H groups in total. The topological polar surface area (TPSA) is 29.5 Å². The summed E-state index contributed by atoms with van der Waals surface area (Å²) in [6.07, 6.45) is 4.47. The van der Waals surface area contributed by atoms with Gasteiger partial charge in [-0.15, -0.1) is 0 Å². The van der Waals surface area contributed by atoms with E-state index >= 15 is 0 Å². The smallest absolute Gasteiger partial charge is 0.119 e. The minimum atomic E-state index is -0.379. The van der Waals surface area contributed by atoms with Crippen molar-refractivity contribution in [3.63, 3.8) is 0 Å². The summed E-state index contributed by atoms with van der Waals surface area (Å²) in [4.78, 5) is 0. The molecule has 1 aromatic rings. The summed E-state index contributed by atoms with van der Waals surface area (Å²) >= 11 is 0. The predicted molar refractivity (Wildman–Crippen MR) is 78.3 cm³/mol. The van der Waals surface area contributed by atoms with Crippen molar-refractivity contribution in [2.75, 3.05) is 6.61 Å². The van der Waals surface area contributed by atoms with Gasteiger partial charge in [0.2, 0.25) is 0 Å². The monoisotopic (exact) mass is 262 g/mol. The van der Waals surface area contributed by atoms with Crippen LogP contribution >= 0.6 is 0 Å². The molecule has 0 bridgehead atoms. The van der Waals surface area contributed by atoms with E-state index < -0.39 is 0 Å². The van der Waals surface area contributed by atoms with E-state index in [0.717, 1.165) is 17.7 Å². The average molecular weight is 262 g/mol. The van der Waals surface area contributed by atoms with Crippen LogP contribution in [0, 0.1) is 11.3 Å². The first kappa shape index (κ1) is 14.4. The molecule has 0 aromatic heterocycles. The number of hydrogen-bond acceptors (Lipinski definition) is 2. The van der Waals surface area contributed by atoms with E-state index in [1.807, 2.05) is 31.2 Å². The van der Waals surface area contributed by atoms with Crippen LogP contribution < -0.4 is 4.74 Å². The highest BCUT2D eigenvalue weighted by molar-refractivity contribution is 5.30. The van der Waals surface area contributed by atoms with Crippen LogP contribution in [0.2, 0.25) is 0 Å². The standard InChI is InChI=1S/C17H26O2/c1-4-19-14-9-7-8-13(12-14)16(18)15-10-5-6-11-17(15,2)3/h7-9,12,15-16,18H,4-6,10-11H2,1-3H3. The molecule has 1 aromatic carbocycles. The Kier molecular flexibility index (Phi) is 4.51. The number of rotatable bonds is 4. The molecule has 2 atom stereocenters. The Morgan fingerprint density at radius 2 is 2.16 bits per heavy atom. The Hall–Kier alpha value is -1.02. The van der Waals surface area contributed by atoms with Crippen molar-refractivity contribution in [2.24, 2.45) is 11.3 Å². The molecule has 19 heavy (non-hydrogen) atoms. The Morgan fingerprint density at radius 1 is 1.37 bits per heavy atom. The van der Waals surface area contributed by atoms with Crippen LogP contribution in [0.5, 0.6) is 5.75 Å². The highest BCUT2D eigenvalue weighted by Gasteiger charge is 2.37. The summed E-state index contributed by atoms with van der Waals surface area (Å²) < 4.78 is 5.52. The quantitative estimate of drug-likeness (QED) is 0.875. The van der Waals surface area contributed by atoms with Gasteiger partial charge in [-0.3, -0.25) is 0 Å². The van der Waals surface area contributed by atoms with Gasteiger partial charge in [0.25, 0.3) is 0 Å². The van der Waals surface area contributed by atoms with Crippen molar-refractivity contribution in [3.05, 3.63) is 29.8 Å². The van der Waals surface area contributed by atoms with Crippen molar-refractivity contribution in [1.29, 1.82) is 0 Å². The van der Waals surface area contributed by atoms with Crippen LogP contribution in [0.3, 0.4) is 0 Å². The van der Waals surface area contributed by atoms with Gasteiger partial charge in [0.15, 0.2) is 0 Å². The van der Waals surface area contributed by atoms with Crippen LogP contribution in [-0.2, 0) is 0 Å². The van der Waals surface area contributed by atoms with Crippen molar-refractivity contribution in [1.82, 2.24) is 0 Å². The fraction of sp³-hybridized carbons (Fsp3) is 0.647. The largest absolute Gasteiger partial charge is 0.494 e. The van der Waals surface area contributed by atoms with E-state index in [9.17, 15) is 5.11 Å². The van der Waals surface area contributed by atoms with Crippen molar-refractivity contribution in [3.8, 4) is 5.75 Å². The first-order chi connectivity index (χ1) is 9.04. The first-order valence-electron chi connectivity index (χ1n) is 7.45. The minimum absolute atomic E-state index is 0.222. The molecule has 0 heterocycles. The SMILES string of the molecule is CCOc1cccc(C(O)C2CCCCC2(C)C)c1. The van der Waals surface area contributed by atoms with Crippen LogP contribution in [0.4, 0.5) is 0 Å². The van der Waals surface area contributed by atoms with E-state index in [1.54, 1.807) is 0 Å². The van der Waals surface area contributed by atoms with E-state index in [0.29, 0.717) is 12.5 Å². The number of hydrogen-bond donors (Lipinski definition) is 1. The number of benzene rings is 1. The van der Waals surface area contributed by atoms with Gasteiger partial charge in [-0.05, 0) is 48.8 Å². The molecule has 1 aliphatic rings. The van der Waals surface area contributed by atoms with E-state index in [-0.39, 0.29) is 11.5 Å². The second-order valence-electron chi connectivity index (χ2n) is 6.29. The fourth-order valence-electron chi connectivity index (χ4n) is 3.29. The molecule has 2 rings (SSSR count). The third-order valence-electron chi connectivity index (χ3n) is 4.48. The lowest BCUT2D eigenvalue weighted by Crippen LogP contribution is -2.32. The Labute approximate surface area is 116 Å². The molecule has 0 amide bonds. The maximum atomic E-state index is 10.7. The van der Waals surface area contributed by atoms with Gasteiger partial charge in [-0.1, -0.05) is 38.8 Å². The van der Waals surface area contributed by atoms with Gasteiger partial charge in [-0.2, -0.15) is 0 Å². The molecule has 106 valence electrons. The zero-order valence-electron chi connectivity index (χ0n) is 12.4. The molecule has 2 nitrogen and oxygen atoms in total.